The second-order valence-corrected chi connectivity index (χ2v) is 4.89. The maximum Gasteiger partial charge on any atom is 0.291 e. The molecule has 18 heavy (non-hydrogen) atoms. The number of nitrogens with one attached hydrogen (secondary N) is 1. The van der Waals surface area contributed by atoms with Gasteiger partial charge in [-0.05, 0) is 59.1 Å². The molecule has 94 valence electrons. The van der Waals surface area contributed by atoms with Crippen LogP contribution in [-0.2, 0) is 0 Å². The first-order chi connectivity index (χ1) is 8.47. The van der Waals surface area contributed by atoms with Crippen LogP contribution in [0.1, 0.15) is 21.7 Å². The van der Waals surface area contributed by atoms with Crippen LogP contribution in [0.2, 0.25) is 0 Å². The topological polar surface area (TPSA) is 68.3 Å². The van der Waals surface area contributed by atoms with Crippen LogP contribution in [0, 0.1) is 13.8 Å². The number of amides is 1. The Bertz CT molecular complexity index is 582. The van der Waals surface area contributed by atoms with E-state index in [1.165, 1.54) is 0 Å². The molecule has 0 aliphatic heterocycles. The van der Waals surface area contributed by atoms with E-state index in [4.69, 9.17) is 10.2 Å². The van der Waals surface area contributed by atoms with E-state index >= 15 is 0 Å². The second kappa shape index (κ2) is 4.86. The fourth-order valence-electron chi connectivity index (χ4n) is 1.78. The molecule has 1 aromatic carbocycles. The van der Waals surface area contributed by atoms with Gasteiger partial charge >= 0.3 is 0 Å². The average Bonchev–Trinajstić information content (AvgIpc) is 2.70. The molecule has 0 unspecified atom stereocenters. The van der Waals surface area contributed by atoms with Crippen molar-refractivity contribution in [2.75, 3.05) is 11.1 Å². The minimum absolute atomic E-state index is 0.237. The van der Waals surface area contributed by atoms with Crippen LogP contribution in [0.15, 0.2) is 33.4 Å². The van der Waals surface area contributed by atoms with E-state index in [1.807, 2.05) is 26.0 Å². The van der Waals surface area contributed by atoms with Gasteiger partial charge in [-0.2, -0.15) is 0 Å². The van der Waals surface area contributed by atoms with Gasteiger partial charge < -0.3 is 15.5 Å². The summed E-state index contributed by atoms with van der Waals surface area (Å²) < 4.78 is 5.70. The van der Waals surface area contributed by atoms with Gasteiger partial charge in [0.05, 0.1) is 11.4 Å². The van der Waals surface area contributed by atoms with Gasteiger partial charge in [-0.15, -0.1) is 0 Å². The molecule has 0 fully saturated rings. The number of carbonyl (C=O) groups excluding carboxylic acids is 1. The zero-order valence-corrected chi connectivity index (χ0v) is 11.7. The van der Waals surface area contributed by atoms with Crippen LogP contribution in [0.5, 0.6) is 0 Å². The molecule has 0 aliphatic rings. The maximum absolute atomic E-state index is 11.9. The summed E-state index contributed by atoms with van der Waals surface area (Å²) in [6, 6.07) is 7.05. The first-order valence-electron chi connectivity index (χ1n) is 5.41. The summed E-state index contributed by atoms with van der Waals surface area (Å²) in [4.78, 5) is 11.9. The number of aryl methyl sites for hydroxylation is 2. The Morgan fingerprint density at radius 3 is 2.61 bits per heavy atom. The van der Waals surface area contributed by atoms with Crippen molar-refractivity contribution in [3.05, 3.63) is 45.8 Å². The largest absolute Gasteiger partial charge is 0.444 e. The Morgan fingerprint density at radius 1 is 1.33 bits per heavy atom. The van der Waals surface area contributed by atoms with Crippen LogP contribution in [0.4, 0.5) is 11.4 Å². The van der Waals surface area contributed by atoms with Crippen molar-refractivity contribution >= 4 is 33.2 Å². The van der Waals surface area contributed by atoms with Gasteiger partial charge in [0, 0.05) is 0 Å². The Kier molecular flexibility index (Phi) is 3.43. The molecule has 0 saturated carbocycles. The second-order valence-electron chi connectivity index (χ2n) is 4.10. The van der Waals surface area contributed by atoms with Crippen molar-refractivity contribution in [3.63, 3.8) is 0 Å². The third-order valence-electron chi connectivity index (χ3n) is 2.55. The van der Waals surface area contributed by atoms with E-state index in [2.05, 4.69) is 21.2 Å². The number of rotatable bonds is 2. The molecular formula is C13H13BrN2O2. The van der Waals surface area contributed by atoms with E-state index in [9.17, 15) is 4.79 Å². The maximum atomic E-state index is 11.9. The lowest BCUT2D eigenvalue weighted by Crippen LogP contribution is -2.13. The number of nitrogen functional groups attached to an aromatic ring is 1. The predicted octanol–water partition coefficient (Wildman–Crippen LogP) is 3.49. The Hall–Kier alpha value is -1.75. The highest BCUT2D eigenvalue weighted by Gasteiger charge is 2.13. The lowest BCUT2D eigenvalue weighted by molar-refractivity contribution is 0.0995. The number of benzene rings is 1. The highest BCUT2D eigenvalue weighted by molar-refractivity contribution is 9.10. The lowest BCUT2D eigenvalue weighted by Gasteiger charge is -2.11. The predicted molar refractivity (Wildman–Crippen MR) is 74.7 cm³/mol. The number of hydrogen-bond donors (Lipinski definition) is 2. The lowest BCUT2D eigenvalue weighted by atomic mass is 10.1. The summed E-state index contributed by atoms with van der Waals surface area (Å²) in [6.07, 6.45) is 0. The van der Waals surface area contributed by atoms with Gasteiger partial charge in [0.15, 0.2) is 10.4 Å². The first-order valence-corrected chi connectivity index (χ1v) is 6.20. The Balaban J connectivity index is 2.27. The fourth-order valence-corrected chi connectivity index (χ4v) is 2.09. The summed E-state index contributed by atoms with van der Waals surface area (Å²) in [5, 5.41) is 2.76. The average molecular weight is 309 g/mol. The molecule has 2 aromatic rings. The first kappa shape index (κ1) is 12.7. The van der Waals surface area contributed by atoms with Crippen LogP contribution in [-0.4, -0.2) is 5.91 Å². The number of furan rings is 1. The molecule has 1 heterocycles. The van der Waals surface area contributed by atoms with Crippen molar-refractivity contribution in [1.82, 2.24) is 0 Å². The summed E-state index contributed by atoms with van der Waals surface area (Å²) in [6.45, 7) is 3.86. The van der Waals surface area contributed by atoms with Crippen molar-refractivity contribution in [2.45, 2.75) is 13.8 Å². The van der Waals surface area contributed by atoms with E-state index < -0.39 is 0 Å². The van der Waals surface area contributed by atoms with Crippen molar-refractivity contribution < 1.29 is 9.21 Å². The molecule has 3 N–H and O–H groups in total. The third kappa shape index (κ3) is 2.56. The van der Waals surface area contributed by atoms with E-state index in [0.717, 1.165) is 11.1 Å². The number of hydrogen-bond acceptors (Lipinski definition) is 3. The van der Waals surface area contributed by atoms with Crippen LogP contribution >= 0.6 is 15.9 Å². The normalized spacial score (nSPS) is 10.4. The van der Waals surface area contributed by atoms with Crippen molar-refractivity contribution in [2.24, 2.45) is 0 Å². The summed E-state index contributed by atoms with van der Waals surface area (Å²) >= 11 is 3.15. The number of nitrogens with two attached hydrogens (primary N) is 1. The highest BCUT2D eigenvalue weighted by Crippen LogP contribution is 2.26. The molecule has 0 aliphatic carbocycles. The van der Waals surface area contributed by atoms with Crippen LogP contribution < -0.4 is 11.1 Å². The summed E-state index contributed by atoms with van der Waals surface area (Å²) in [5.74, 6) is -0.0828. The molecule has 0 bridgehead atoms. The van der Waals surface area contributed by atoms with Crippen LogP contribution in [0.25, 0.3) is 0 Å². The monoisotopic (exact) mass is 308 g/mol. The van der Waals surface area contributed by atoms with E-state index in [0.29, 0.717) is 16.0 Å². The molecule has 4 nitrogen and oxygen atoms in total. The van der Waals surface area contributed by atoms with Gasteiger partial charge in [-0.3, -0.25) is 4.79 Å². The fraction of sp³-hybridized carbons (Fsp3) is 0.154. The standard InChI is InChI=1S/C13H13BrN2O2/c1-7-5-8(2)12(9(15)6-7)16-13(17)10-3-4-11(14)18-10/h3-6H,15H2,1-2H3,(H,16,17). The molecule has 0 saturated heterocycles. The Labute approximate surface area is 113 Å². The zero-order chi connectivity index (χ0) is 13.3. The van der Waals surface area contributed by atoms with Gasteiger partial charge in [0.1, 0.15) is 0 Å². The SMILES string of the molecule is Cc1cc(C)c(NC(=O)c2ccc(Br)o2)c(N)c1. The van der Waals surface area contributed by atoms with E-state index in [-0.39, 0.29) is 11.7 Å². The molecule has 0 spiro atoms. The molecule has 0 radical (unpaired) electrons. The van der Waals surface area contributed by atoms with Crippen molar-refractivity contribution in [1.29, 1.82) is 0 Å². The van der Waals surface area contributed by atoms with Gasteiger partial charge in [0.2, 0.25) is 0 Å². The molecular weight excluding hydrogens is 296 g/mol. The quantitative estimate of drug-likeness (QED) is 0.834. The third-order valence-corrected chi connectivity index (χ3v) is 2.97. The number of carbonyl (C=O) groups is 1. The number of anilines is 2. The molecule has 1 aromatic heterocycles. The minimum atomic E-state index is -0.320. The van der Waals surface area contributed by atoms with Gasteiger partial charge in [-0.1, -0.05) is 6.07 Å². The van der Waals surface area contributed by atoms with Crippen LogP contribution in [0.3, 0.4) is 0 Å². The smallest absolute Gasteiger partial charge is 0.291 e. The van der Waals surface area contributed by atoms with Gasteiger partial charge in [-0.25, -0.2) is 0 Å². The molecule has 2 rings (SSSR count). The number of halogens is 1. The molecule has 5 heteroatoms. The van der Waals surface area contributed by atoms with Gasteiger partial charge in [0.25, 0.3) is 5.91 Å². The summed E-state index contributed by atoms with van der Waals surface area (Å²) in [7, 11) is 0. The molecule has 1 amide bonds. The summed E-state index contributed by atoms with van der Waals surface area (Å²) in [5.41, 5.74) is 9.05. The molecule has 0 atom stereocenters. The van der Waals surface area contributed by atoms with E-state index in [1.54, 1.807) is 12.1 Å². The Morgan fingerprint density at radius 2 is 2.06 bits per heavy atom. The highest BCUT2D eigenvalue weighted by atomic mass is 79.9. The minimum Gasteiger partial charge on any atom is -0.444 e. The van der Waals surface area contributed by atoms with Crippen molar-refractivity contribution in [3.8, 4) is 0 Å². The zero-order valence-electron chi connectivity index (χ0n) is 10.1.